The number of aromatic nitrogens is 2. The predicted octanol–water partition coefficient (Wildman–Crippen LogP) is 0.827. The van der Waals surface area contributed by atoms with E-state index in [0.717, 1.165) is 0 Å². The molecule has 7 nitrogen and oxygen atoms in total. The first kappa shape index (κ1) is 14.7. The minimum Gasteiger partial charge on any atom is -0.481 e. The predicted molar refractivity (Wildman–Crippen MR) is 80.8 cm³/mol. The quantitative estimate of drug-likeness (QED) is 0.868. The minimum absolute atomic E-state index is 0.105. The van der Waals surface area contributed by atoms with Crippen molar-refractivity contribution in [2.75, 3.05) is 0 Å². The molecular weight excluding hydrogens is 306 g/mol. The van der Waals surface area contributed by atoms with E-state index in [-0.39, 0.29) is 24.1 Å². The molecule has 0 saturated heterocycles. The van der Waals surface area contributed by atoms with Crippen LogP contribution in [0.4, 0.5) is 0 Å². The number of aliphatic carboxylic acids is 1. The van der Waals surface area contributed by atoms with E-state index >= 15 is 0 Å². The third-order valence-corrected chi connectivity index (χ3v) is 4.73. The molecule has 0 radical (unpaired) electrons. The van der Waals surface area contributed by atoms with Crippen LogP contribution in [0.1, 0.15) is 19.3 Å². The molecule has 0 aliphatic heterocycles. The molecule has 2 atom stereocenters. The van der Waals surface area contributed by atoms with Crippen molar-refractivity contribution in [2.24, 2.45) is 5.92 Å². The van der Waals surface area contributed by atoms with E-state index in [1.165, 1.54) is 22.2 Å². The SMILES string of the molecule is O=C(Cn1cnc2sccc2c1=O)N[C@H]1CC[C@@H](C(=O)O)C1. The average molecular weight is 321 g/mol. The zero-order valence-corrected chi connectivity index (χ0v) is 12.5. The summed E-state index contributed by atoms with van der Waals surface area (Å²) in [5.41, 5.74) is -0.240. The van der Waals surface area contributed by atoms with E-state index in [0.29, 0.717) is 29.5 Å². The van der Waals surface area contributed by atoms with Crippen molar-refractivity contribution < 1.29 is 14.7 Å². The molecule has 1 fully saturated rings. The van der Waals surface area contributed by atoms with Gasteiger partial charge in [-0.05, 0) is 30.7 Å². The van der Waals surface area contributed by atoms with Gasteiger partial charge < -0.3 is 10.4 Å². The van der Waals surface area contributed by atoms with Crippen LogP contribution in [0.15, 0.2) is 22.6 Å². The lowest BCUT2D eigenvalue weighted by Gasteiger charge is -2.13. The Morgan fingerprint density at radius 2 is 2.27 bits per heavy atom. The molecule has 1 saturated carbocycles. The van der Waals surface area contributed by atoms with Gasteiger partial charge in [0.25, 0.3) is 5.56 Å². The summed E-state index contributed by atoms with van der Waals surface area (Å²) in [5, 5.41) is 14.0. The van der Waals surface area contributed by atoms with Crippen molar-refractivity contribution in [2.45, 2.75) is 31.8 Å². The van der Waals surface area contributed by atoms with Gasteiger partial charge in [0, 0.05) is 6.04 Å². The van der Waals surface area contributed by atoms with Gasteiger partial charge in [-0.1, -0.05) is 0 Å². The maximum absolute atomic E-state index is 12.2. The second-order valence-corrected chi connectivity index (χ2v) is 6.32. The highest BCUT2D eigenvalue weighted by atomic mass is 32.1. The number of carboxylic acids is 1. The van der Waals surface area contributed by atoms with Crippen molar-refractivity contribution in [3.05, 3.63) is 28.1 Å². The van der Waals surface area contributed by atoms with Gasteiger partial charge in [0.1, 0.15) is 11.4 Å². The van der Waals surface area contributed by atoms with Gasteiger partial charge in [-0.3, -0.25) is 19.0 Å². The van der Waals surface area contributed by atoms with Gasteiger partial charge in [0.15, 0.2) is 0 Å². The summed E-state index contributed by atoms with van der Waals surface area (Å²) in [4.78, 5) is 39.9. The summed E-state index contributed by atoms with van der Waals surface area (Å²) >= 11 is 1.38. The van der Waals surface area contributed by atoms with E-state index in [2.05, 4.69) is 10.3 Å². The second kappa shape index (κ2) is 5.88. The van der Waals surface area contributed by atoms with Crippen LogP contribution < -0.4 is 10.9 Å². The van der Waals surface area contributed by atoms with Gasteiger partial charge in [-0.25, -0.2) is 4.98 Å². The van der Waals surface area contributed by atoms with Gasteiger partial charge in [-0.2, -0.15) is 0 Å². The number of carbonyl (C=O) groups is 2. The number of hydrogen-bond acceptors (Lipinski definition) is 5. The van der Waals surface area contributed by atoms with Crippen LogP contribution in [0.5, 0.6) is 0 Å². The van der Waals surface area contributed by atoms with Crippen LogP contribution in [0.25, 0.3) is 10.2 Å². The molecule has 2 aromatic heterocycles. The number of carboxylic acid groups (broad SMARTS) is 1. The van der Waals surface area contributed by atoms with Crippen molar-refractivity contribution in [3.8, 4) is 0 Å². The molecule has 2 aromatic rings. The Kier molecular flexibility index (Phi) is 3.93. The number of amides is 1. The van der Waals surface area contributed by atoms with Gasteiger partial charge in [0.05, 0.1) is 17.6 Å². The zero-order valence-electron chi connectivity index (χ0n) is 11.7. The number of hydrogen-bond donors (Lipinski definition) is 2. The summed E-state index contributed by atoms with van der Waals surface area (Å²) in [6.07, 6.45) is 3.04. The fraction of sp³-hybridized carbons (Fsp3) is 0.429. The zero-order chi connectivity index (χ0) is 15.7. The molecular formula is C14H15N3O4S. The highest BCUT2D eigenvalue weighted by Gasteiger charge is 2.30. The smallest absolute Gasteiger partial charge is 0.306 e. The lowest BCUT2D eigenvalue weighted by atomic mass is 10.1. The Balaban J connectivity index is 1.65. The topological polar surface area (TPSA) is 101 Å². The third-order valence-electron chi connectivity index (χ3n) is 3.91. The molecule has 116 valence electrons. The van der Waals surface area contributed by atoms with Gasteiger partial charge >= 0.3 is 5.97 Å². The molecule has 1 aliphatic rings. The standard InChI is InChI=1S/C14H15N3O4S/c18-11(16-9-2-1-8(5-9)14(20)21)6-17-7-15-12-10(13(17)19)3-4-22-12/h3-4,7-9H,1-2,5-6H2,(H,16,18)(H,20,21)/t8-,9+/m1/s1. The highest BCUT2D eigenvalue weighted by Crippen LogP contribution is 2.25. The Labute approximate surface area is 129 Å². The van der Waals surface area contributed by atoms with Gasteiger partial charge in [0.2, 0.25) is 5.91 Å². The monoisotopic (exact) mass is 321 g/mol. The lowest BCUT2D eigenvalue weighted by Crippen LogP contribution is -2.38. The highest BCUT2D eigenvalue weighted by molar-refractivity contribution is 7.16. The Morgan fingerprint density at radius 3 is 3.00 bits per heavy atom. The number of nitrogens with zero attached hydrogens (tertiary/aromatic N) is 2. The lowest BCUT2D eigenvalue weighted by molar-refractivity contribution is -0.141. The number of fused-ring (bicyclic) bond motifs is 1. The summed E-state index contributed by atoms with van der Waals surface area (Å²) in [6.45, 7) is -0.105. The van der Waals surface area contributed by atoms with Crippen LogP contribution in [0, 0.1) is 5.92 Å². The van der Waals surface area contributed by atoms with Crippen molar-refractivity contribution >= 4 is 33.4 Å². The molecule has 0 spiro atoms. The molecule has 0 unspecified atom stereocenters. The maximum Gasteiger partial charge on any atom is 0.306 e. The normalized spacial score (nSPS) is 21.1. The molecule has 1 aliphatic carbocycles. The number of carbonyl (C=O) groups excluding carboxylic acids is 1. The number of thiophene rings is 1. The minimum atomic E-state index is -0.819. The number of nitrogens with one attached hydrogen (secondary N) is 1. The van der Waals surface area contributed by atoms with Gasteiger partial charge in [-0.15, -0.1) is 11.3 Å². The summed E-state index contributed by atoms with van der Waals surface area (Å²) in [5.74, 6) is -1.51. The molecule has 0 aromatic carbocycles. The molecule has 3 rings (SSSR count). The first-order valence-corrected chi connectivity index (χ1v) is 7.87. The largest absolute Gasteiger partial charge is 0.481 e. The summed E-state index contributed by atoms with van der Waals surface area (Å²) in [6, 6.07) is 1.56. The molecule has 0 bridgehead atoms. The van der Waals surface area contributed by atoms with Crippen LogP contribution in [-0.2, 0) is 16.1 Å². The van der Waals surface area contributed by atoms with Crippen LogP contribution in [-0.4, -0.2) is 32.6 Å². The third kappa shape index (κ3) is 2.87. The summed E-state index contributed by atoms with van der Waals surface area (Å²) in [7, 11) is 0. The number of rotatable bonds is 4. The Hall–Kier alpha value is -2.22. The molecule has 1 amide bonds. The molecule has 22 heavy (non-hydrogen) atoms. The van der Waals surface area contributed by atoms with E-state index < -0.39 is 11.9 Å². The van der Waals surface area contributed by atoms with Crippen molar-refractivity contribution in [1.29, 1.82) is 0 Å². The summed E-state index contributed by atoms with van der Waals surface area (Å²) < 4.78 is 1.27. The van der Waals surface area contributed by atoms with Crippen LogP contribution in [0.2, 0.25) is 0 Å². The molecule has 8 heteroatoms. The van der Waals surface area contributed by atoms with Crippen LogP contribution >= 0.6 is 11.3 Å². The van der Waals surface area contributed by atoms with E-state index in [1.54, 1.807) is 11.4 Å². The fourth-order valence-electron chi connectivity index (χ4n) is 2.77. The van der Waals surface area contributed by atoms with Crippen molar-refractivity contribution in [1.82, 2.24) is 14.9 Å². The van der Waals surface area contributed by atoms with Crippen molar-refractivity contribution in [3.63, 3.8) is 0 Å². The first-order chi connectivity index (χ1) is 10.5. The molecule has 2 N–H and O–H groups in total. The van der Waals surface area contributed by atoms with E-state index in [9.17, 15) is 14.4 Å². The first-order valence-electron chi connectivity index (χ1n) is 6.99. The van der Waals surface area contributed by atoms with E-state index in [4.69, 9.17) is 5.11 Å². The maximum atomic E-state index is 12.2. The Bertz CT molecular complexity index is 782. The van der Waals surface area contributed by atoms with E-state index in [1.807, 2.05) is 0 Å². The Morgan fingerprint density at radius 1 is 1.45 bits per heavy atom. The molecule has 2 heterocycles. The average Bonchev–Trinajstić information content (AvgIpc) is 3.11. The van der Waals surface area contributed by atoms with Crippen LogP contribution in [0.3, 0.4) is 0 Å². The fourth-order valence-corrected chi connectivity index (χ4v) is 3.49. The second-order valence-electron chi connectivity index (χ2n) is 5.43.